The average molecular weight is 278 g/mol. The van der Waals surface area contributed by atoms with Crippen LogP contribution in [-0.4, -0.2) is 16.2 Å². The van der Waals surface area contributed by atoms with E-state index >= 15 is 0 Å². The summed E-state index contributed by atoms with van der Waals surface area (Å²) < 4.78 is 10.1. The molecule has 7 nitrogen and oxygen atoms in total. The van der Waals surface area contributed by atoms with Crippen molar-refractivity contribution in [1.29, 1.82) is 0 Å². The summed E-state index contributed by atoms with van der Waals surface area (Å²) in [6, 6.07) is 3.24. The lowest BCUT2D eigenvalue weighted by Crippen LogP contribution is -2.34. The van der Waals surface area contributed by atoms with Crippen molar-refractivity contribution in [2.24, 2.45) is 5.92 Å². The molecule has 2 N–H and O–H groups in total. The Morgan fingerprint density at radius 1 is 1.35 bits per heavy atom. The third-order valence-corrected chi connectivity index (χ3v) is 2.50. The second-order valence-corrected chi connectivity index (χ2v) is 4.82. The zero-order valence-corrected chi connectivity index (χ0v) is 11.5. The molecule has 2 aromatic rings. The van der Waals surface area contributed by atoms with Gasteiger partial charge >= 0.3 is 6.03 Å². The highest BCUT2D eigenvalue weighted by molar-refractivity contribution is 5.73. The van der Waals surface area contributed by atoms with Crippen molar-refractivity contribution in [3.05, 3.63) is 35.9 Å². The number of urea groups is 1. The topological polar surface area (TPSA) is 93.2 Å². The zero-order chi connectivity index (χ0) is 14.4. The summed E-state index contributed by atoms with van der Waals surface area (Å²) in [5.74, 6) is 2.21. The Morgan fingerprint density at radius 3 is 2.85 bits per heavy atom. The van der Waals surface area contributed by atoms with E-state index in [4.69, 9.17) is 8.94 Å². The average Bonchev–Trinajstić information content (AvgIpc) is 3.04. The van der Waals surface area contributed by atoms with Crippen LogP contribution in [0.15, 0.2) is 27.3 Å². The Bertz CT molecular complexity index is 534. The minimum Gasteiger partial charge on any atom is -0.467 e. The van der Waals surface area contributed by atoms with E-state index in [-0.39, 0.29) is 12.6 Å². The van der Waals surface area contributed by atoms with Crippen LogP contribution in [0.25, 0.3) is 0 Å². The predicted molar refractivity (Wildman–Crippen MR) is 70.6 cm³/mol. The number of furan rings is 1. The molecule has 0 aliphatic carbocycles. The van der Waals surface area contributed by atoms with E-state index in [1.807, 2.05) is 0 Å². The van der Waals surface area contributed by atoms with Crippen LogP contribution in [0.2, 0.25) is 0 Å². The van der Waals surface area contributed by atoms with E-state index in [2.05, 4.69) is 34.6 Å². The molecule has 2 rings (SSSR count). The second kappa shape index (κ2) is 6.74. The third-order valence-electron chi connectivity index (χ3n) is 2.50. The Hall–Kier alpha value is -2.31. The third kappa shape index (κ3) is 4.42. The first-order valence-electron chi connectivity index (χ1n) is 6.49. The van der Waals surface area contributed by atoms with Crippen LogP contribution in [0.4, 0.5) is 4.79 Å². The molecule has 0 saturated carbocycles. The maximum Gasteiger partial charge on any atom is 0.315 e. The normalized spacial score (nSPS) is 10.8. The van der Waals surface area contributed by atoms with Crippen LogP contribution in [-0.2, 0) is 19.5 Å². The number of hydrogen-bond acceptors (Lipinski definition) is 5. The van der Waals surface area contributed by atoms with Gasteiger partial charge < -0.3 is 19.6 Å². The molecule has 7 heteroatoms. The van der Waals surface area contributed by atoms with Crippen LogP contribution in [0.5, 0.6) is 0 Å². The molecule has 20 heavy (non-hydrogen) atoms. The number of nitrogens with zero attached hydrogens (tertiary/aromatic N) is 2. The van der Waals surface area contributed by atoms with Gasteiger partial charge in [0.25, 0.3) is 0 Å². The fourth-order valence-electron chi connectivity index (χ4n) is 1.61. The van der Waals surface area contributed by atoms with E-state index in [1.54, 1.807) is 18.4 Å². The Morgan fingerprint density at radius 2 is 2.15 bits per heavy atom. The SMILES string of the molecule is CC(C)Cc1noc(CNC(=O)NCc2ccco2)n1. The highest BCUT2D eigenvalue weighted by atomic mass is 16.5. The molecule has 0 atom stereocenters. The molecule has 2 aromatic heterocycles. The Labute approximate surface area is 116 Å². The standard InChI is InChI=1S/C13H18N4O3/c1-9(2)6-11-16-12(20-17-11)8-15-13(18)14-7-10-4-3-5-19-10/h3-5,9H,6-8H2,1-2H3,(H2,14,15,18). The summed E-state index contributed by atoms with van der Waals surface area (Å²) in [6.45, 7) is 4.70. The van der Waals surface area contributed by atoms with Gasteiger partial charge in [0.05, 0.1) is 19.4 Å². The fraction of sp³-hybridized carbons (Fsp3) is 0.462. The molecule has 0 bridgehead atoms. The number of carbonyl (C=O) groups is 1. The van der Waals surface area contributed by atoms with Crippen molar-refractivity contribution < 1.29 is 13.7 Å². The van der Waals surface area contributed by atoms with Gasteiger partial charge in [-0.3, -0.25) is 0 Å². The summed E-state index contributed by atoms with van der Waals surface area (Å²) in [5.41, 5.74) is 0. The Balaban J connectivity index is 1.71. The molecule has 2 amide bonds. The van der Waals surface area contributed by atoms with Gasteiger partial charge in [0, 0.05) is 6.42 Å². The first kappa shape index (κ1) is 14.1. The molecular weight excluding hydrogens is 260 g/mol. The number of carbonyl (C=O) groups excluding carboxylic acids is 1. The van der Waals surface area contributed by atoms with Gasteiger partial charge in [-0.15, -0.1) is 0 Å². The van der Waals surface area contributed by atoms with Gasteiger partial charge in [0.2, 0.25) is 5.89 Å². The summed E-state index contributed by atoms with van der Waals surface area (Å²) in [7, 11) is 0. The highest BCUT2D eigenvalue weighted by Crippen LogP contribution is 2.04. The van der Waals surface area contributed by atoms with Gasteiger partial charge in [-0.05, 0) is 18.1 Å². The summed E-state index contributed by atoms with van der Waals surface area (Å²) in [4.78, 5) is 15.7. The van der Waals surface area contributed by atoms with Gasteiger partial charge in [-0.25, -0.2) is 4.79 Å². The van der Waals surface area contributed by atoms with Crippen LogP contribution >= 0.6 is 0 Å². The van der Waals surface area contributed by atoms with Crippen molar-refractivity contribution in [2.75, 3.05) is 0 Å². The quantitative estimate of drug-likeness (QED) is 0.841. The zero-order valence-electron chi connectivity index (χ0n) is 11.5. The lowest BCUT2D eigenvalue weighted by atomic mass is 10.1. The summed E-state index contributed by atoms with van der Waals surface area (Å²) >= 11 is 0. The van der Waals surface area contributed by atoms with Crippen LogP contribution in [0.1, 0.15) is 31.3 Å². The van der Waals surface area contributed by atoms with Crippen molar-refractivity contribution in [2.45, 2.75) is 33.4 Å². The minimum atomic E-state index is -0.315. The molecule has 2 heterocycles. The van der Waals surface area contributed by atoms with Gasteiger partial charge in [0.15, 0.2) is 5.82 Å². The van der Waals surface area contributed by atoms with E-state index in [1.165, 1.54) is 0 Å². The van der Waals surface area contributed by atoms with Crippen molar-refractivity contribution >= 4 is 6.03 Å². The molecular formula is C13H18N4O3. The van der Waals surface area contributed by atoms with Gasteiger partial charge in [-0.1, -0.05) is 19.0 Å². The lowest BCUT2D eigenvalue weighted by molar-refractivity contribution is 0.237. The van der Waals surface area contributed by atoms with Crippen molar-refractivity contribution in [1.82, 2.24) is 20.8 Å². The maximum absolute atomic E-state index is 11.5. The smallest absolute Gasteiger partial charge is 0.315 e. The van der Waals surface area contributed by atoms with E-state index in [9.17, 15) is 4.79 Å². The number of amides is 2. The molecule has 0 saturated heterocycles. The van der Waals surface area contributed by atoms with Crippen LogP contribution < -0.4 is 10.6 Å². The Kier molecular flexibility index (Phi) is 4.75. The van der Waals surface area contributed by atoms with Crippen LogP contribution in [0.3, 0.4) is 0 Å². The number of aromatic nitrogens is 2. The summed E-state index contributed by atoms with van der Waals surface area (Å²) in [6.07, 6.45) is 2.32. The highest BCUT2D eigenvalue weighted by Gasteiger charge is 2.09. The molecule has 108 valence electrons. The lowest BCUT2D eigenvalue weighted by Gasteiger charge is -2.03. The maximum atomic E-state index is 11.5. The van der Waals surface area contributed by atoms with Crippen molar-refractivity contribution in [3.63, 3.8) is 0 Å². The molecule has 0 spiro atoms. The van der Waals surface area contributed by atoms with E-state index < -0.39 is 0 Å². The second-order valence-electron chi connectivity index (χ2n) is 4.82. The molecule has 0 fully saturated rings. The molecule has 0 aromatic carbocycles. The predicted octanol–water partition coefficient (Wildman–Crippen LogP) is 1.86. The van der Waals surface area contributed by atoms with E-state index in [0.717, 1.165) is 6.42 Å². The molecule has 0 aliphatic rings. The first-order chi connectivity index (χ1) is 9.63. The number of nitrogens with one attached hydrogen (secondary N) is 2. The molecule has 0 radical (unpaired) electrons. The monoisotopic (exact) mass is 278 g/mol. The summed E-state index contributed by atoms with van der Waals surface area (Å²) in [5, 5.41) is 9.15. The molecule has 0 aliphatic heterocycles. The van der Waals surface area contributed by atoms with E-state index in [0.29, 0.717) is 29.9 Å². The van der Waals surface area contributed by atoms with Gasteiger partial charge in [-0.2, -0.15) is 4.98 Å². The van der Waals surface area contributed by atoms with Crippen molar-refractivity contribution in [3.8, 4) is 0 Å². The van der Waals surface area contributed by atoms with Crippen LogP contribution in [0, 0.1) is 5.92 Å². The minimum absolute atomic E-state index is 0.203. The molecule has 0 unspecified atom stereocenters. The fourth-order valence-corrected chi connectivity index (χ4v) is 1.61. The number of rotatable bonds is 6. The number of hydrogen-bond donors (Lipinski definition) is 2. The first-order valence-corrected chi connectivity index (χ1v) is 6.49. The van der Waals surface area contributed by atoms with Gasteiger partial charge in [0.1, 0.15) is 5.76 Å². The largest absolute Gasteiger partial charge is 0.467 e.